The SMILES string of the molecule is COCC1(N(C)C(=O)NCc2ccc(-c3noc(C(F)(F)F)n3)cc2)CC1. The van der Waals surface area contributed by atoms with Crippen LogP contribution in [0.4, 0.5) is 18.0 Å². The van der Waals surface area contributed by atoms with E-state index >= 15 is 0 Å². The number of hydrogen-bond acceptors (Lipinski definition) is 5. The largest absolute Gasteiger partial charge is 0.471 e. The van der Waals surface area contributed by atoms with Gasteiger partial charge in [-0.25, -0.2) is 4.79 Å². The van der Waals surface area contributed by atoms with Gasteiger partial charge >= 0.3 is 18.1 Å². The summed E-state index contributed by atoms with van der Waals surface area (Å²) in [7, 11) is 3.34. The lowest BCUT2D eigenvalue weighted by Gasteiger charge is -2.27. The van der Waals surface area contributed by atoms with E-state index in [1.165, 1.54) is 0 Å². The van der Waals surface area contributed by atoms with Crippen molar-refractivity contribution in [1.29, 1.82) is 0 Å². The monoisotopic (exact) mass is 384 g/mol. The van der Waals surface area contributed by atoms with Crippen molar-refractivity contribution >= 4 is 6.03 Å². The molecule has 0 radical (unpaired) electrons. The summed E-state index contributed by atoms with van der Waals surface area (Å²) in [6.45, 7) is 0.781. The number of urea groups is 1. The number of likely N-dealkylation sites (N-methyl/N-ethyl adjacent to an activating group) is 1. The van der Waals surface area contributed by atoms with Crippen molar-refractivity contribution in [3.05, 3.63) is 35.7 Å². The van der Waals surface area contributed by atoms with Crippen molar-refractivity contribution < 1.29 is 27.2 Å². The molecular formula is C17H19F3N4O3. The van der Waals surface area contributed by atoms with Gasteiger partial charge in [-0.1, -0.05) is 29.4 Å². The molecule has 1 aromatic carbocycles. The van der Waals surface area contributed by atoms with Crippen LogP contribution in [0.15, 0.2) is 28.8 Å². The number of aromatic nitrogens is 2. The highest BCUT2D eigenvalue weighted by atomic mass is 19.4. The Labute approximate surface area is 153 Å². The van der Waals surface area contributed by atoms with Crippen molar-refractivity contribution in [3.8, 4) is 11.4 Å². The third-order valence-electron chi connectivity index (χ3n) is 4.58. The number of benzene rings is 1. The molecule has 27 heavy (non-hydrogen) atoms. The van der Waals surface area contributed by atoms with Gasteiger partial charge in [0.1, 0.15) is 0 Å². The van der Waals surface area contributed by atoms with Gasteiger partial charge < -0.3 is 19.5 Å². The van der Waals surface area contributed by atoms with Crippen LogP contribution in [0.1, 0.15) is 24.3 Å². The fourth-order valence-electron chi connectivity index (χ4n) is 2.73. The van der Waals surface area contributed by atoms with E-state index in [2.05, 4.69) is 20.0 Å². The summed E-state index contributed by atoms with van der Waals surface area (Å²) in [4.78, 5) is 17.3. The van der Waals surface area contributed by atoms with E-state index in [-0.39, 0.29) is 23.9 Å². The van der Waals surface area contributed by atoms with E-state index in [0.717, 1.165) is 18.4 Å². The number of halogens is 3. The molecule has 0 atom stereocenters. The number of nitrogens with zero attached hydrogens (tertiary/aromatic N) is 3. The van der Waals surface area contributed by atoms with Crippen LogP contribution in [0, 0.1) is 0 Å². The molecule has 2 amide bonds. The van der Waals surface area contributed by atoms with Crippen LogP contribution in [-0.4, -0.2) is 47.4 Å². The maximum Gasteiger partial charge on any atom is 0.471 e. The lowest BCUT2D eigenvalue weighted by Crippen LogP contribution is -2.47. The third-order valence-corrected chi connectivity index (χ3v) is 4.58. The highest BCUT2D eigenvalue weighted by molar-refractivity contribution is 5.75. The Morgan fingerprint density at radius 3 is 2.52 bits per heavy atom. The summed E-state index contributed by atoms with van der Waals surface area (Å²) in [5.74, 6) is -1.53. The number of nitrogens with one attached hydrogen (secondary N) is 1. The van der Waals surface area contributed by atoms with Crippen LogP contribution in [-0.2, 0) is 17.5 Å². The fraction of sp³-hybridized carbons (Fsp3) is 0.471. The molecule has 1 aromatic heterocycles. The topological polar surface area (TPSA) is 80.5 Å². The van der Waals surface area contributed by atoms with Crippen LogP contribution in [0.2, 0.25) is 0 Å². The predicted octanol–water partition coefficient (Wildman–Crippen LogP) is 3.08. The van der Waals surface area contributed by atoms with Gasteiger partial charge in [0.15, 0.2) is 0 Å². The van der Waals surface area contributed by atoms with E-state index in [1.54, 1.807) is 43.3 Å². The molecule has 1 saturated carbocycles. The summed E-state index contributed by atoms with van der Waals surface area (Å²) in [6, 6.07) is 6.30. The van der Waals surface area contributed by atoms with E-state index < -0.39 is 12.1 Å². The average molecular weight is 384 g/mol. The Kier molecular flexibility index (Phi) is 5.09. The number of rotatable bonds is 6. The number of ether oxygens (including phenoxy) is 1. The molecule has 1 heterocycles. The molecule has 0 spiro atoms. The van der Waals surface area contributed by atoms with Gasteiger partial charge in [-0.05, 0) is 18.4 Å². The standard InChI is InChI=1S/C17H19F3N4O3/c1-24(16(7-8-16)10-26-2)15(25)21-9-11-3-5-12(6-4-11)13-22-14(27-23-13)17(18,19)20/h3-6H,7-10H2,1-2H3,(H,21,25). The maximum atomic E-state index is 12.5. The maximum absolute atomic E-state index is 12.5. The molecular weight excluding hydrogens is 365 g/mol. The molecule has 1 fully saturated rings. The first-order valence-corrected chi connectivity index (χ1v) is 8.26. The van der Waals surface area contributed by atoms with Crippen LogP contribution in [0.25, 0.3) is 11.4 Å². The molecule has 0 bridgehead atoms. The van der Waals surface area contributed by atoms with Crippen molar-refractivity contribution in [2.45, 2.75) is 31.1 Å². The fourth-order valence-corrected chi connectivity index (χ4v) is 2.73. The zero-order chi connectivity index (χ0) is 19.7. The number of methoxy groups -OCH3 is 1. The van der Waals surface area contributed by atoms with Gasteiger partial charge in [-0.15, -0.1) is 0 Å². The van der Waals surface area contributed by atoms with Gasteiger partial charge in [0.25, 0.3) is 0 Å². The van der Waals surface area contributed by atoms with E-state index in [1.807, 2.05) is 0 Å². The number of alkyl halides is 3. The third kappa shape index (κ3) is 4.21. The van der Waals surface area contributed by atoms with Crippen molar-refractivity contribution in [1.82, 2.24) is 20.4 Å². The minimum absolute atomic E-state index is 0.145. The van der Waals surface area contributed by atoms with Gasteiger partial charge in [0, 0.05) is 26.3 Å². The van der Waals surface area contributed by atoms with Crippen LogP contribution in [0.5, 0.6) is 0 Å². The average Bonchev–Trinajstić information content (AvgIpc) is 3.23. The summed E-state index contributed by atoms with van der Waals surface area (Å²) in [5.41, 5.74) is 0.951. The molecule has 1 N–H and O–H groups in total. The molecule has 10 heteroatoms. The van der Waals surface area contributed by atoms with Gasteiger partial charge in [0.2, 0.25) is 5.82 Å². The minimum atomic E-state index is -4.68. The molecule has 0 unspecified atom stereocenters. The van der Waals surface area contributed by atoms with Gasteiger partial charge in [0.05, 0.1) is 12.1 Å². The van der Waals surface area contributed by atoms with Gasteiger partial charge in [-0.3, -0.25) is 0 Å². The summed E-state index contributed by atoms with van der Waals surface area (Å²) in [5, 5.41) is 6.16. The normalized spacial score (nSPS) is 15.4. The highest BCUT2D eigenvalue weighted by Crippen LogP contribution is 2.41. The minimum Gasteiger partial charge on any atom is -0.382 e. The lowest BCUT2D eigenvalue weighted by atomic mass is 10.1. The first-order chi connectivity index (χ1) is 12.7. The second-order valence-corrected chi connectivity index (χ2v) is 6.49. The van der Waals surface area contributed by atoms with E-state index in [9.17, 15) is 18.0 Å². The molecule has 7 nitrogen and oxygen atoms in total. The Bertz CT molecular complexity index is 801. The molecule has 1 aliphatic carbocycles. The molecule has 3 rings (SSSR count). The number of carbonyl (C=O) groups is 1. The summed E-state index contributed by atoms with van der Waals surface area (Å²) >= 11 is 0. The first kappa shape index (κ1) is 19.2. The lowest BCUT2D eigenvalue weighted by molar-refractivity contribution is -0.159. The molecule has 0 aliphatic heterocycles. The van der Waals surface area contributed by atoms with E-state index in [0.29, 0.717) is 12.2 Å². The second-order valence-electron chi connectivity index (χ2n) is 6.49. The Hall–Kier alpha value is -2.62. The Balaban J connectivity index is 1.58. The summed E-state index contributed by atoms with van der Waals surface area (Å²) < 4.78 is 46.9. The Morgan fingerprint density at radius 2 is 2.00 bits per heavy atom. The summed E-state index contributed by atoms with van der Waals surface area (Å²) in [6.07, 6.45) is -2.86. The quantitative estimate of drug-likeness (QED) is 0.828. The Morgan fingerprint density at radius 1 is 1.33 bits per heavy atom. The van der Waals surface area contributed by atoms with E-state index in [4.69, 9.17) is 4.74 Å². The van der Waals surface area contributed by atoms with Crippen LogP contribution in [0.3, 0.4) is 0 Å². The zero-order valence-electron chi connectivity index (χ0n) is 14.8. The van der Waals surface area contributed by atoms with Gasteiger partial charge in [-0.2, -0.15) is 18.2 Å². The van der Waals surface area contributed by atoms with Crippen LogP contribution >= 0.6 is 0 Å². The van der Waals surface area contributed by atoms with Crippen LogP contribution < -0.4 is 5.32 Å². The molecule has 2 aromatic rings. The first-order valence-electron chi connectivity index (χ1n) is 8.26. The molecule has 1 aliphatic rings. The smallest absolute Gasteiger partial charge is 0.382 e. The van der Waals surface area contributed by atoms with Crippen molar-refractivity contribution in [3.63, 3.8) is 0 Å². The van der Waals surface area contributed by atoms with Crippen molar-refractivity contribution in [2.24, 2.45) is 0 Å². The predicted molar refractivity (Wildman–Crippen MR) is 88.6 cm³/mol. The molecule has 0 saturated heterocycles. The zero-order valence-corrected chi connectivity index (χ0v) is 14.8. The number of carbonyl (C=O) groups excluding carboxylic acids is 1. The molecule has 146 valence electrons. The number of hydrogen-bond donors (Lipinski definition) is 1. The highest BCUT2D eigenvalue weighted by Gasteiger charge is 2.48. The van der Waals surface area contributed by atoms with Crippen molar-refractivity contribution in [2.75, 3.05) is 20.8 Å². The second kappa shape index (κ2) is 7.18. The number of amides is 2.